The van der Waals surface area contributed by atoms with Crippen molar-refractivity contribution in [3.8, 4) is 0 Å². The van der Waals surface area contributed by atoms with Gasteiger partial charge in [0.1, 0.15) is 0 Å². The molecule has 1 aliphatic rings. The number of carbonyl (C=O) groups excluding carboxylic acids is 1. The number of nitrogens with zero attached hydrogens (tertiary/aromatic N) is 2. The highest BCUT2D eigenvalue weighted by molar-refractivity contribution is 7.99. The van der Waals surface area contributed by atoms with Crippen LogP contribution in [-0.4, -0.2) is 21.2 Å². The number of hydrogen-bond donors (Lipinski definition) is 1. The summed E-state index contributed by atoms with van der Waals surface area (Å²) >= 11 is 1.34. The minimum absolute atomic E-state index is 0.00591. The second-order valence-corrected chi connectivity index (χ2v) is 9.62. The quantitative estimate of drug-likeness (QED) is 0.273. The molecule has 0 radical (unpaired) electrons. The maximum absolute atomic E-state index is 13.3. The zero-order valence-corrected chi connectivity index (χ0v) is 19.8. The van der Waals surface area contributed by atoms with Gasteiger partial charge in [-0.2, -0.15) is 0 Å². The van der Waals surface area contributed by atoms with Crippen LogP contribution in [0.15, 0.2) is 88.8 Å². The lowest BCUT2D eigenvalue weighted by molar-refractivity contribution is -0.113. The molecule has 1 N–H and O–H groups in total. The Labute approximate surface area is 203 Å². The molecule has 1 aromatic heterocycles. The van der Waals surface area contributed by atoms with Gasteiger partial charge in [-0.1, -0.05) is 85.3 Å². The molecule has 34 heavy (non-hydrogen) atoms. The van der Waals surface area contributed by atoms with Crippen molar-refractivity contribution >= 4 is 34.3 Å². The van der Waals surface area contributed by atoms with Gasteiger partial charge < -0.3 is 5.32 Å². The number of fused-ring (bicyclic) bond motifs is 1. The molecule has 0 saturated heterocycles. The molecule has 1 fully saturated rings. The van der Waals surface area contributed by atoms with E-state index in [4.69, 9.17) is 4.98 Å². The normalized spacial score (nSPS) is 13.9. The monoisotopic (exact) mass is 469 g/mol. The van der Waals surface area contributed by atoms with E-state index in [1.165, 1.54) is 17.3 Å². The lowest BCUT2D eigenvalue weighted by Crippen LogP contribution is -2.27. The third-order valence-electron chi connectivity index (χ3n) is 6.33. The summed E-state index contributed by atoms with van der Waals surface area (Å²) < 4.78 is 1.83. The third-order valence-corrected chi connectivity index (χ3v) is 7.28. The van der Waals surface area contributed by atoms with E-state index in [0.29, 0.717) is 16.1 Å². The van der Waals surface area contributed by atoms with Crippen molar-refractivity contribution in [1.29, 1.82) is 0 Å². The van der Waals surface area contributed by atoms with Crippen LogP contribution in [0.3, 0.4) is 0 Å². The van der Waals surface area contributed by atoms with Crippen LogP contribution in [0.4, 0.5) is 5.69 Å². The van der Waals surface area contributed by atoms with E-state index in [-0.39, 0.29) is 23.3 Å². The first-order valence-electron chi connectivity index (χ1n) is 11.7. The van der Waals surface area contributed by atoms with Crippen molar-refractivity contribution in [3.05, 3.63) is 100 Å². The topological polar surface area (TPSA) is 64.0 Å². The standard InChI is InChI=1S/C28H27N3O2S/c32-26(29-24-16-8-4-12-21(24)18-20-10-2-1-3-11-20)19-34-28-30-25-17-9-7-15-23(25)27(33)31(28)22-13-5-6-14-22/h1-4,7-12,15-17,22H,5-6,13-14,18-19H2,(H,29,32). The van der Waals surface area contributed by atoms with Gasteiger partial charge >= 0.3 is 0 Å². The van der Waals surface area contributed by atoms with Gasteiger partial charge in [-0.3, -0.25) is 14.2 Å². The van der Waals surface area contributed by atoms with Crippen LogP contribution in [0.25, 0.3) is 10.9 Å². The smallest absolute Gasteiger partial charge is 0.262 e. The van der Waals surface area contributed by atoms with Crippen molar-refractivity contribution in [2.24, 2.45) is 0 Å². The zero-order chi connectivity index (χ0) is 23.3. The first kappa shape index (κ1) is 22.4. The zero-order valence-electron chi connectivity index (χ0n) is 18.9. The molecule has 1 aliphatic carbocycles. The molecule has 0 aliphatic heterocycles. The molecule has 6 heteroatoms. The van der Waals surface area contributed by atoms with E-state index in [1.54, 1.807) is 0 Å². The molecule has 5 nitrogen and oxygen atoms in total. The molecule has 4 aromatic rings. The van der Waals surface area contributed by atoms with Crippen molar-refractivity contribution in [1.82, 2.24) is 9.55 Å². The lowest BCUT2D eigenvalue weighted by Gasteiger charge is -2.18. The highest BCUT2D eigenvalue weighted by Crippen LogP contribution is 2.32. The van der Waals surface area contributed by atoms with E-state index in [1.807, 2.05) is 71.3 Å². The van der Waals surface area contributed by atoms with Crippen molar-refractivity contribution in [2.45, 2.75) is 43.3 Å². The molecule has 0 bridgehead atoms. The summed E-state index contributed by atoms with van der Waals surface area (Å²) in [6.07, 6.45) is 4.94. The van der Waals surface area contributed by atoms with Crippen LogP contribution >= 0.6 is 11.8 Å². The van der Waals surface area contributed by atoms with Crippen molar-refractivity contribution in [3.63, 3.8) is 0 Å². The summed E-state index contributed by atoms with van der Waals surface area (Å²) in [4.78, 5) is 31.0. The Kier molecular flexibility index (Phi) is 6.77. The minimum Gasteiger partial charge on any atom is -0.325 e. The molecule has 5 rings (SSSR count). The Hall–Kier alpha value is -3.38. The van der Waals surface area contributed by atoms with Gasteiger partial charge in [0.25, 0.3) is 5.56 Å². The highest BCUT2D eigenvalue weighted by Gasteiger charge is 2.23. The number of anilines is 1. The SMILES string of the molecule is O=C(CSc1nc2ccccc2c(=O)n1C1CCCC1)Nc1ccccc1Cc1ccccc1. The average molecular weight is 470 g/mol. The first-order valence-corrected chi connectivity index (χ1v) is 12.7. The number of rotatable bonds is 7. The molecule has 0 atom stereocenters. The maximum atomic E-state index is 13.3. The van der Waals surface area contributed by atoms with Gasteiger partial charge in [-0.05, 0) is 48.6 Å². The summed E-state index contributed by atoms with van der Waals surface area (Å²) in [5.74, 6) is 0.0860. The fourth-order valence-electron chi connectivity index (χ4n) is 4.64. The molecule has 1 heterocycles. The number of amides is 1. The average Bonchev–Trinajstić information content (AvgIpc) is 3.39. The Balaban J connectivity index is 1.35. The van der Waals surface area contributed by atoms with E-state index in [2.05, 4.69) is 17.4 Å². The molecule has 172 valence electrons. The van der Waals surface area contributed by atoms with E-state index >= 15 is 0 Å². The van der Waals surface area contributed by atoms with Crippen LogP contribution in [-0.2, 0) is 11.2 Å². The van der Waals surface area contributed by atoms with E-state index in [0.717, 1.165) is 43.4 Å². The molecule has 0 unspecified atom stereocenters. The number of carbonyl (C=O) groups is 1. The van der Waals surface area contributed by atoms with Crippen LogP contribution in [0.5, 0.6) is 0 Å². The first-order chi connectivity index (χ1) is 16.7. The van der Waals surface area contributed by atoms with Crippen LogP contribution in [0, 0.1) is 0 Å². The number of aromatic nitrogens is 2. The van der Waals surface area contributed by atoms with Gasteiger partial charge in [0.05, 0.1) is 16.7 Å². The number of nitrogens with one attached hydrogen (secondary N) is 1. The van der Waals surface area contributed by atoms with Crippen LogP contribution in [0.2, 0.25) is 0 Å². The van der Waals surface area contributed by atoms with Gasteiger partial charge in [0.2, 0.25) is 5.91 Å². The second kappa shape index (κ2) is 10.3. The van der Waals surface area contributed by atoms with Crippen LogP contribution in [0.1, 0.15) is 42.9 Å². The summed E-state index contributed by atoms with van der Waals surface area (Å²) in [5, 5.41) is 4.33. The Morgan fingerprint density at radius 1 is 0.941 bits per heavy atom. The number of para-hydroxylation sites is 2. The second-order valence-electron chi connectivity index (χ2n) is 8.68. The van der Waals surface area contributed by atoms with E-state index in [9.17, 15) is 9.59 Å². The minimum atomic E-state index is -0.106. The number of benzene rings is 3. The fraction of sp³-hybridized carbons (Fsp3) is 0.250. The summed E-state index contributed by atoms with van der Waals surface area (Å²) in [6.45, 7) is 0. The molecule has 1 saturated carbocycles. The third kappa shape index (κ3) is 4.92. The van der Waals surface area contributed by atoms with E-state index < -0.39 is 0 Å². The maximum Gasteiger partial charge on any atom is 0.262 e. The van der Waals surface area contributed by atoms with Gasteiger partial charge in [0, 0.05) is 11.7 Å². The van der Waals surface area contributed by atoms with Crippen molar-refractivity contribution < 1.29 is 4.79 Å². The molecular formula is C28H27N3O2S. The molecular weight excluding hydrogens is 442 g/mol. The Morgan fingerprint density at radius 2 is 1.65 bits per heavy atom. The molecule has 1 amide bonds. The Bertz CT molecular complexity index is 1360. The highest BCUT2D eigenvalue weighted by atomic mass is 32.2. The predicted molar refractivity (Wildman–Crippen MR) is 139 cm³/mol. The Morgan fingerprint density at radius 3 is 2.47 bits per heavy atom. The van der Waals surface area contributed by atoms with Gasteiger partial charge in [0.15, 0.2) is 5.16 Å². The predicted octanol–water partition coefficient (Wildman–Crippen LogP) is 5.83. The fourth-order valence-corrected chi connectivity index (χ4v) is 5.51. The van der Waals surface area contributed by atoms with Crippen LogP contribution < -0.4 is 10.9 Å². The summed E-state index contributed by atoms with van der Waals surface area (Å²) in [7, 11) is 0. The summed E-state index contributed by atoms with van der Waals surface area (Å²) in [6, 6.07) is 25.7. The number of thioether (sulfide) groups is 1. The van der Waals surface area contributed by atoms with Gasteiger partial charge in [-0.25, -0.2) is 4.98 Å². The number of hydrogen-bond acceptors (Lipinski definition) is 4. The molecule has 0 spiro atoms. The largest absolute Gasteiger partial charge is 0.325 e. The van der Waals surface area contributed by atoms with Gasteiger partial charge in [-0.15, -0.1) is 0 Å². The molecule has 3 aromatic carbocycles. The summed E-state index contributed by atoms with van der Waals surface area (Å²) in [5.41, 5.74) is 3.75. The lowest BCUT2D eigenvalue weighted by atomic mass is 10.0. The van der Waals surface area contributed by atoms with Crippen molar-refractivity contribution in [2.75, 3.05) is 11.1 Å².